The van der Waals surface area contributed by atoms with Crippen molar-refractivity contribution in [3.05, 3.63) is 71.3 Å². The molecule has 2 nitrogen and oxygen atoms in total. The van der Waals surface area contributed by atoms with Crippen LogP contribution in [0.2, 0.25) is 0 Å². The molecule has 1 aromatic carbocycles. The molecule has 0 radical (unpaired) electrons. The maximum atomic E-state index is 11.9. The molecule has 0 fully saturated rings. The molecule has 0 amide bonds. The molecule has 0 bridgehead atoms. The Balaban J connectivity index is -0.000000175. The lowest BCUT2D eigenvalue weighted by atomic mass is 10.1. The summed E-state index contributed by atoms with van der Waals surface area (Å²) in [6, 6.07) is 8.61. The SMILES string of the molecule is C=C/C(C)=C\C=C(/C)C(F)(F)F.CC(C)=O.CCC=O.CCCC.CCc1cccc(C)c1. The molecule has 0 N–H and O–H groups in total. The van der Waals surface area contributed by atoms with Crippen LogP contribution >= 0.6 is 0 Å². The van der Waals surface area contributed by atoms with Crippen LogP contribution in [-0.4, -0.2) is 18.2 Å². The van der Waals surface area contributed by atoms with Gasteiger partial charge < -0.3 is 9.59 Å². The predicted octanol–water partition coefficient (Wildman–Crippen LogP) is 9.18. The van der Waals surface area contributed by atoms with Crippen LogP contribution < -0.4 is 0 Å². The van der Waals surface area contributed by atoms with Crippen LogP contribution in [-0.2, 0) is 16.0 Å². The van der Waals surface area contributed by atoms with Gasteiger partial charge in [-0.3, -0.25) is 0 Å². The Hall–Kier alpha value is -2.43. The number of alkyl halides is 3. The zero-order valence-electron chi connectivity index (χ0n) is 22.1. The highest BCUT2D eigenvalue weighted by molar-refractivity contribution is 5.72. The van der Waals surface area contributed by atoms with Gasteiger partial charge in [-0.25, -0.2) is 0 Å². The summed E-state index contributed by atoms with van der Waals surface area (Å²) in [5, 5.41) is 0. The fraction of sp³-hybridized carbons (Fsp3) is 0.500. The van der Waals surface area contributed by atoms with Crippen LogP contribution in [0.3, 0.4) is 0 Å². The number of hydrogen-bond donors (Lipinski definition) is 0. The number of carbonyl (C=O) groups excluding carboxylic acids is 2. The monoisotopic (exact) mass is 470 g/mol. The molecule has 1 rings (SSSR count). The molecule has 0 aromatic heterocycles. The molecule has 0 saturated carbocycles. The highest BCUT2D eigenvalue weighted by Crippen LogP contribution is 2.24. The fourth-order valence-corrected chi connectivity index (χ4v) is 1.35. The van der Waals surface area contributed by atoms with E-state index in [0.29, 0.717) is 12.0 Å². The highest BCUT2D eigenvalue weighted by atomic mass is 19.4. The maximum Gasteiger partial charge on any atom is 0.412 e. The number of halogens is 3. The van der Waals surface area contributed by atoms with Gasteiger partial charge in [0.05, 0.1) is 0 Å². The summed E-state index contributed by atoms with van der Waals surface area (Å²) in [5.41, 5.74) is 2.88. The Morgan fingerprint density at radius 1 is 0.970 bits per heavy atom. The van der Waals surface area contributed by atoms with Crippen molar-refractivity contribution in [2.45, 2.75) is 94.2 Å². The molecule has 0 atom stereocenters. The largest absolute Gasteiger partial charge is 0.412 e. The summed E-state index contributed by atoms with van der Waals surface area (Å²) in [6.07, 6.45) is 4.99. The summed E-state index contributed by atoms with van der Waals surface area (Å²) < 4.78 is 35.6. The van der Waals surface area contributed by atoms with Gasteiger partial charge in [-0.1, -0.05) is 101 Å². The van der Waals surface area contributed by atoms with Gasteiger partial charge in [0, 0.05) is 12.0 Å². The van der Waals surface area contributed by atoms with Crippen LogP contribution in [0.4, 0.5) is 13.2 Å². The van der Waals surface area contributed by atoms with Gasteiger partial charge in [-0.2, -0.15) is 13.2 Å². The first-order valence-corrected chi connectivity index (χ1v) is 11.3. The van der Waals surface area contributed by atoms with E-state index >= 15 is 0 Å². The van der Waals surface area contributed by atoms with Crippen molar-refractivity contribution < 1.29 is 22.8 Å². The van der Waals surface area contributed by atoms with E-state index in [9.17, 15) is 22.8 Å². The number of ketones is 1. The van der Waals surface area contributed by atoms with Crippen LogP contribution in [0.15, 0.2) is 60.2 Å². The Morgan fingerprint density at radius 2 is 1.42 bits per heavy atom. The van der Waals surface area contributed by atoms with E-state index < -0.39 is 11.7 Å². The average Bonchev–Trinajstić information content (AvgIpc) is 2.76. The molecule has 33 heavy (non-hydrogen) atoms. The van der Waals surface area contributed by atoms with Crippen molar-refractivity contribution >= 4 is 12.1 Å². The molecule has 0 aliphatic heterocycles. The number of Topliss-reactive ketones (excluding diaryl/α,β-unsaturated/α-hetero) is 1. The third-order valence-corrected chi connectivity index (χ3v) is 3.52. The van der Waals surface area contributed by atoms with Crippen molar-refractivity contribution in [3.8, 4) is 0 Å². The second-order valence-electron chi connectivity index (χ2n) is 7.29. The minimum Gasteiger partial charge on any atom is -0.303 e. The number of allylic oxidation sites excluding steroid dienone is 5. The zero-order valence-corrected chi connectivity index (χ0v) is 22.1. The molecule has 0 spiro atoms. The van der Waals surface area contributed by atoms with Crippen LogP contribution in [0.25, 0.3) is 0 Å². The Morgan fingerprint density at radius 3 is 1.67 bits per heavy atom. The third kappa shape index (κ3) is 37.2. The Kier molecular flexibility index (Phi) is 29.6. The van der Waals surface area contributed by atoms with Crippen molar-refractivity contribution in [2.24, 2.45) is 0 Å². The van der Waals surface area contributed by atoms with Gasteiger partial charge in [0.2, 0.25) is 0 Å². The standard InChI is InChI=1S/C9H11F3.C9H12.C4H10.2C3H6O/c1-4-7(2)5-6-8(3)9(10,11)12;1-3-9-6-4-5-8(2)7-9;1-3-4-2;1-3(2)4;1-2-3-4/h4-6H,1H2,2-3H3;4-7H,3H2,1-2H3;3-4H2,1-2H3;1-2H3;3H,2H2,1H3/b7-5-,8-6+;;;;. The minimum absolute atomic E-state index is 0.167. The lowest BCUT2D eigenvalue weighted by molar-refractivity contribution is -0.115. The lowest BCUT2D eigenvalue weighted by Gasteiger charge is -2.04. The van der Waals surface area contributed by atoms with E-state index in [2.05, 4.69) is 58.5 Å². The molecule has 190 valence electrons. The Bertz CT molecular complexity index is 679. The number of benzene rings is 1. The fourth-order valence-electron chi connectivity index (χ4n) is 1.35. The van der Waals surface area contributed by atoms with E-state index in [-0.39, 0.29) is 5.78 Å². The average molecular weight is 471 g/mol. The van der Waals surface area contributed by atoms with Crippen molar-refractivity contribution in [2.75, 3.05) is 0 Å². The summed E-state index contributed by atoms with van der Waals surface area (Å²) in [6.45, 7) is 19.7. The molecule has 1 aromatic rings. The van der Waals surface area contributed by atoms with Gasteiger partial charge in [-0.15, -0.1) is 0 Å². The van der Waals surface area contributed by atoms with Crippen LogP contribution in [0, 0.1) is 6.92 Å². The number of hydrogen-bond acceptors (Lipinski definition) is 2. The van der Waals surface area contributed by atoms with E-state index in [4.69, 9.17) is 0 Å². The maximum absolute atomic E-state index is 11.9. The van der Waals surface area contributed by atoms with Crippen molar-refractivity contribution in [1.82, 2.24) is 0 Å². The molecular weight excluding hydrogens is 425 g/mol. The zero-order chi connectivity index (χ0) is 26.9. The molecule has 0 heterocycles. The summed E-state index contributed by atoms with van der Waals surface area (Å²) in [4.78, 5) is 18.6. The van der Waals surface area contributed by atoms with E-state index in [1.165, 1.54) is 50.0 Å². The highest BCUT2D eigenvalue weighted by Gasteiger charge is 2.29. The quantitative estimate of drug-likeness (QED) is 0.317. The normalized spacial score (nSPS) is 10.4. The van der Waals surface area contributed by atoms with Crippen LogP contribution in [0.1, 0.15) is 85.8 Å². The number of unbranched alkanes of at least 4 members (excludes halogenated alkanes) is 1. The molecule has 5 heteroatoms. The lowest BCUT2D eigenvalue weighted by Crippen LogP contribution is -2.08. The number of carbonyl (C=O) groups is 2. The topological polar surface area (TPSA) is 34.1 Å². The van der Waals surface area contributed by atoms with Crippen molar-refractivity contribution in [1.29, 1.82) is 0 Å². The predicted molar refractivity (Wildman–Crippen MR) is 138 cm³/mol. The van der Waals surface area contributed by atoms with E-state index in [1.807, 2.05) is 6.92 Å². The first kappa shape index (κ1) is 37.9. The smallest absolute Gasteiger partial charge is 0.303 e. The first-order valence-electron chi connectivity index (χ1n) is 11.3. The van der Waals surface area contributed by atoms with Gasteiger partial charge in [-0.05, 0) is 46.6 Å². The number of rotatable bonds is 5. The summed E-state index contributed by atoms with van der Waals surface area (Å²) in [5.74, 6) is 0.167. The first-order chi connectivity index (χ1) is 15.3. The van der Waals surface area contributed by atoms with Gasteiger partial charge >= 0.3 is 6.18 Å². The van der Waals surface area contributed by atoms with Gasteiger partial charge in [0.15, 0.2) is 0 Å². The van der Waals surface area contributed by atoms with Crippen LogP contribution in [0.5, 0.6) is 0 Å². The number of aryl methyl sites for hydroxylation is 2. The molecular formula is C28H45F3O2. The molecule has 0 unspecified atom stereocenters. The minimum atomic E-state index is -4.22. The third-order valence-electron chi connectivity index (χ3n) is 3.52. The molecule has 0 saturated heterocycles. The van der Waals surface area contributed by atoms with Crippen molar-refractivity contribution in [3.63, 3.8) is 0 Å². The summed E-state index contributed by atoms with van der Waals surface area (Å²) in [7, 11) is 0. The van der Waals surface area contributed by atoms with E-state index in [0.717, 1.165) is 25.7 Å². The van der Waals surface area contributed by atoms with E-state index in [1.54, 1.807) is 6.92 Å². The molecule has 0 aliphatic carbocycles. The second kappa shape index (κ2) is 25.8. The Labute approximate surface area is 200 Å². The van der Waals surface area contributed by atoms with Gasteiger partial charge in [0.1, 0.15) is 12.1 Å². The summed E-state index contributed by atoms with van der Waals surface area (Å²) >= 11 is 0. The molecule has 0 aliphatic rings. The second-order valence-corrected chi connectivity index (χ2v) is 7.29. The number of aldehydes is 1. The van der Waals surface area contributed by atoms with Gasteiger partial charge in [0.25, 0.3) is 0 Å².